The molecule has 0 radical (unpaired) electrons. The van der Waals surface area contributed by atoms with Gasteiger partial charge in [-0.3, -0.25) is 4.79 Å². The lowest BCUT2D eigenvalue weighted by Crippen LogP contribution is -2.32. The highest BCUT2D eigenvalue weighted by Gasteiger charge is 2.17. The largest absolute Gasteiger partial charge is 0.493 e. The fraction of sp³-hybridized carbons (Fsp3) is 0.0833. The van der Waals surface area contributed by atoms with E-state index in [0.29, 0.717) is 36.9 Å². The monoisotopic (exact) mass is 601 g/mol. The predicted molar refractivity (Wildman–Crippen MR) is 138 cm³/mol. The Morgan fingerprint density at radius 3 is 2.51 bits per heavy atom. The molecule has 0 amide bonds. The summed E-state index contributed by atoms with van der Waals surface area (Å²) in [4.78, 5) is 38.7. The summed E-state index contributed by atoms with van der Waals surface area (Å²) in [6.45, 7) is 0.163. The van der Waals surface area contributed by atoms with E-state index in [1.165, 1.54) is 25.5 Å². The van der Waals surface area contributed by atoms with Crippen LogP contribution in [0.5, 0.6) is 11.5 Å². The van der Waals surface area contributed by atoms with Crippen LogP contribution in [0.2, 0.25) is 0 Å². The van der Waals surface area contributed by atoms with Gasteiger partial charge in [0.15, 0.2) is 11.5 Å². The number of aromatic nitrogens is 2. The zero-order valence-corrected chi connectivity index (χ0v) is 21.3. The molecule has 0 saturated heterocycles. The van der Waals surface area contributed by atoms with Crippen molar-refractivity contribution in [3.05, 3.63) is 101 Å². The lowest BCUT2D eigenvalue weighted by molar-refractivity contribution is 0.0697. The van der Waals surface area contributed by atoms with Gasteiger partial charge in [0.1, 0.15) is 6.61 Å². The number of hydrogen-bond donors (Lipinski definition) is 2. The molecule has 4 rings (SSSR count). The summed E-state index contributed by atoms with van der Waals surface area (Å²) in [5.41, 5.74) is 0.687. The standard InChI is InChI=1S/C24H17Br2N3O6/c1-34-18-10-15(11-27-29-22(30)16-4-2-3-5-17(16)28-24(29)33)19(25)20(26)21(18)35-12-13-6-8-14(9-7-13)23(31)32/h2-11H,12H2,1H3,(H,28,33)(H,31,32). The minimum atomic E-state index is -1.00. The number of fused-ring (bicyclic) bond motifs is 1. The van der Waals surface area contributed by atoms with Crippen molar-refractivity contribution < 1.29 is 19.4 Å². The Morgan fingerprint density at radius 1 is 1.11 bits per heavy atom. The van der Waals surface area contributed by atoms with Gasteiger partial charge in [-0.05, 0) is 67.8 Å². The van der Waals surface area contributed by atoms with Crippen molar-refractivity contribution in [3.8, 4) is 11.5 Å². The molecule has 0 aliphatic carbocycles. The third-order valence-electron chi connectivity index (χ3n) is 5.06. The minimum Gasteiger partial charge on any atom is -0.493 e. The van der Waals surface area contributed by atoms with Gasteiger partial charge in [0, 0.05) is 10.0 Å². The highest BCUT2D eigenvalue weighted by atomic mass is 79.9. The van der Waals surface area contributed by atoms with Crippen molar-refractivity contribution >= 4 is 54.9 Å². The topological polar surface area (TPSA) is 123 Å². The number of H-pyrrole nitrogens is 1. The second kappa shape index (κ2) is 10.3. The van der Waals surface area contributed by atoms with E-state index in [1.54, 1.807) is 42.5 Å². The van der Waals surface area contributed by atoms with E-state index < -0.39 is 17.2 Å². The van der Waals surface area contributed by atoms with E-state index in [1.807, 2.05) is 0 Å². The predicted octanol–water partition coefficient (Wildman–Crippen LogP) is 4.38. The lowest BCUT2D eigenvalue weighted by Gasteiger charge is -2.15. The zero-order chi connectivity index (χ0) is 25.1. The maximum absolute atomic E-state index is 12.7. The first kappa shape index (κ1) is 24.4. The molecule has 0 fully saturated rings. The van der Waals surface area contributed by atoms with Crippen LogP contribution in [0.1, 0.15) is 21.5 Å². The first-order valence-electron chi connectivity index (χ1n) is 10.1. The Morgan fingerprint density at radius 2 is 1.83 bits per heavy atom. The average Bonchev–Trinajstić information content (AvgIpc) is 2.85. The van der Waals surface area contributed by atoms with Crippen LogP contribution >= 0.6 is 31.9 Å². The molecule has 3 aromatic carbocycles. The number of benzene rings is 3. The van der Waals surface area contributed by atoms with Gasteiger partial charge in [0.25, 0.3) is 5.56 Å². The molecule has 0 aliphatic heterocycles. The van der Waals surface area contributed by atoms with Gasteiger partial charge in [-0.25, -0.2) is 9.59 Å². The first-order valence-corrected chi connectivity index (χ1v) is 11.7. The molecule has 0 atom stereocenters. The molecule has 9 nitrogen and oxygen atoms in total. The van der Waals surface area contributed by atoms with Crippen LogP contribution in [0.4, 0.5) is 0 Å². The quantitative estimate of drug-likeness (QED) is 0.303. The third-order valence-corrected chi connectivity index (χ3v) is 7.20. The van der Waals surface area contributed by atoms with Crippen molar-refractivity contribution in [3.63, 3.8) is 0 Å². The van der Waals surface area contributed by atoms with E-state index in [4.69, 9.17) is 14.6 Å². The van der Waals surface area contributed by atoms with Crippen molar-refractivity contribution in [1.82, 2.24) is 9.66 Å². The molecule has 2 N–H and O–H groups in total. The van der Waals surface area contributed by atoms with Gasteiger partial charge in [-0.1, -0.05) is 24.3 Å². The van der Waals surface area contributed by atoms with Crippen molar-refractivity contribution in [2.24, 2.45) is 5.10 Å². The number of carboxylic acids is 1. The number of aromatic amines is 1. The number of hydrogen-bond acceptors (Lipinski definition) is 6. The van der Waals surface area contributed by atoms with Gasteiger partial charge in [0.2, 0.25) is 0 Å². The van der Waals surface area contributed by atoms with Crippen LogP contribution in [0.25, 0.3) is 10.9 Å². The van der Waals surface area contributed by atoms with Crippen LogP contribution in [0.15, 0.2) is 78.2 Å². The minimum absolute atomic E-state index is 0.163. The molecular weight excluding hydrogens is 586 g/mol. The molecular formula is C24H17Br2N3O6. The van der Waals surface area contributed by atoms with E-state index in [0.717, 1.165) is 10.2 Å². The number of rotatable bonds is 7. The molecule has 0 saturated carbocycles. The Kier molecular flexibility index (Phi) is 7.17. The Balaban J connectivity index is 1.64. The average molecular weight is 603 g/mol. The molecule has 35 heavy (non-hydrogen) atoms. The van der Waals surface area contributed by atoms with E-state index >= 15 is 0 Å². The van der Waals surface area contributed by atoms with Crippen LogP contribution in [0, 0.1) is 0 Å². The molecule has 0 spiro atoms. The highest BCUT2D eigenvalue weighted by molar-refractivity contribution is 9.13. The molecule has 0 aliphatic rings. The Hall–Kier alpha value is -3.70. The fourth-order valence-electron chi connectivity index (χ4n) is 3.26. The van der Waals surface area contributed by atoms with Crippen molar-refractivity contribution in [2.45, 2.75) is 6.61 Å². The summed E-state index contributed by atoms with van der Waals surface area (Å²) in [5.74, 6) is -0.223. The molecule has 0 unspecified atom stereocenters. The second-order valence-electron chi connectivity index (χ2n) is 7.25. The number of methoxy groups -OCH3 is 1. The second-order valence-corrected chi connectivity index (χ2v) is 8.84. The van der Waals surface area contributed by atoms with E-state index in [-0.39, 0.29) is 12.2 Å². The van der Waals surface area contributed by atoms with Crippen LogP contribution in [-0.2, 0) is 6.61 Å². The van der Waals surface area contributed by atoms with Gasteiger partial charge >= 0.3 is 11.7 Å². The number of carbonyl (C=O) groups is 1. The summed E-state index contributed by atoms with van der Waals surface area (Å²) in [6, 6.07) is 14.6. The van der Waals surface area contributed by atoms with E-state index in [9.17, 15) is 14.4 Å². The zero-order valence-electron chi connectivity index (χ0n) is 18.1. The summed E-state index contributed by atoms with van der Waals surface area (Å²) in [5, 5.41) is 13.5. The maximum atomic E-state index is 12.7. The molecule has 11 heteroatoms. The summed E-state index contributed by atoms with van der Waals surface area (Å²) >= 11 is 6.97. The number of nitrogens with zero attached hydrogens (tertiary/aromatic N) is 2. The normalized spacial score (nSPS) is 11.2. The summed E-state index contributed by atoms with van der Waals surface area (Å²) in [7, 11) is 1.48. The fourth-order valence-corrected chi connectivity index (χ4v) is 4.20. The number of carboxylic acid groups (broad SMARTS) is 1. The van der Waals surface area contributed by atoms with Crippen LogP contribution in [0.3, 0.4) is 0 Å². The smallest absolute Gasteiger partial charge is 0.349 e. The maximum Gasteiger partial charge on any atom is 0.349 e. The van der Waals surface area contributed by atoms with Gasteiger partial charge < -0.3 is 19.6 Å². The lowest BCUT2D eigenvalue weighted by atomic mass is 10.1. The molecule has 1 heterocycles. The first-order chi connectivity index (χ1) is 16.8. The van der Waals surface area contributed by atoms with Crippen molar-refractivity contribution in [1.29, 1.82) is 0 Å². The number of halogens is 2. The Labute approximate surface area is 214 Å². The van der Waals surface area contributed by atoms with Gasteiger partial charge in [-0.2, -0.15) is 5.10 Å². The van der Waals surface area contributed by atoms with Crippen LogP contribution < -0.4 is 20.7 Å². The number of aromatic carboxylic acids is 1. The number of para-hydroxylation sites is 1. The molecule has 178 valence electrons. The summed E-state index contributed by atoms with van der Waals surface area (Å²) in [6.07, 6.45) is 1.36. The summed E-state index contributed by atoms with van der Waals surface area (Å²) < 4.78 is 13.2. The highest BCUT2D eigenvalue weighted by Crippen LogP contribution is 2.42. The van der Waals surface area contributed by atoms with Gasteiger partial charge in [0.05, 0.1) is 34.3 Å². The van der Waals surface area contributed by atoms with Crippen LogP contribution in [-0.4, -0.2) is 34.1 Å². The van der Waals surface area contributed by atoms with E-state index in [2.05, 4.69) is 41.9 Å². The number of nitrogens with one attached hydrogen (secondary N) is 1. The molecule has 4 aromatic rings. The third kappa shape index (κ3) is 5.05. The molecule has 0 bridgehead atoms. The Bertz CT molecular complexity index is 1580. The van der Waals surface area contributed by atoms with Gasteiger partial charge in [-0.15, -0.1) is 4.68 Å². The van der Waals surface area contributed by atoms with Crippen molar-refractivity contribution in [2.75, 3.05) is 7.11 Å². The SMILES string of the molecule is COc1cc(C=Nn2c(=O)[nH]c3ccccc3c2=O)c(Br)c(Br)c1OCc1ccc(C(=O)O)cc1. The number of ether oxygens (including phenoxy) is 2. The molecule has 1 aromatic heterocycles.